The number of allylic oxidation sites excluding steroid dienone is 2. The lowest BCUT2D eigenvalue weighted by molar-refractivity contribution is -0.151. The molecule has 0 radical (unpaired) electrons. The molecule has 0 spiro atoms. The summed E-state index contributed by atoms with van der Waals surface area (Å²) < 4.78 is 4.43. The lowest BCUT2D eigenvalue weighted by atomic mass is 10.2. The summed E-state index contributed by atoms with van der Waals surface area (Å²) in [4.78, 5) is 21.3. The third kappa shape index (κ3) is 3.03. The molecule has 1 aliphatic heterocycles. The second kappa shape index (κ2) is 5.27. The number of hydrogen-bond acceptors (Lipinski definition) is 4. The van der Waals surface area contributed by atoms with Gasteiger partial charge in [0.15, 0.2) is 5.78 Å². The zero-order chi connectivity index (χ0) is 13.2. The van der Waals surface area contributed by atoms with E-state index in [0.717, 1.165) is 18.4 Å². The van der Waals surface area contributed by atoms with Crippen LogP contribution in [0.1, 0.15) is 42.0 Å². The molecule has 0 bridgehead atoms. The number of carbonyl (C=O) groups is 2. The van der Waals surface area contributed by atoms with Crippen LogP contribution in [0.5, 0.6) is 0 Å². The van der Waals surface area contributed by atoms with Crippen LogP contribution < -0.4 is 0 Å². The van der Waals surface area contributed by atoms with Gasteiger partial charge in [0.2, 0.25) is 6.29 Å². The second-order valence-electron chi connectivity index (χ2n) is 4.39. The van der Waals surface area contributed by atoms with E-state index in [-0.39, 0.29) is 1.43 Å². The van der Waals surface area contributed by atoms with Crippen LogP contribution in [0.2, 0.25) is 0 Å². The number of hydrogen-bond donors (Lipinski definition) is 1. The first-order valence-electron chi connectivity index (χ1n) is 5.60. The van der Waals surface area contributed by atoms with Crippen LogP contribution in [-0.2, 0) is 14.3 Å². The first-order chi connectivity index (χ1) is 7.84. The van der Waals surface area contributed by atoms with E-state index in [1.54, 1.807) is 13.8 Å². The Morgan fingerprint density at radius 2 is 1.71 bits per heavy atom. The Balaban J connectivity index is 0.000000306. The number of carbonyl (C=O) groups excluding carboxylic acids is 2. The topological polar surface area (TPSA) is 63.6 Å². The number of esters is 1. The van der Waals surface area contributed by atoms with E-state index < -0.39 is 12.3 Å². The molecule has 0 aromatic heterocycles. The molecular formula is C13H20O4. The van der Waals surface area contributed by atoms with Gasteiger partial charge in [-0.15, -0.1) is 0 Å². The Morgan fingerprint density at radius 1 is 1.12 bits per heavy atom. The highest BCUT2D eigenvalue weighted by Gasteiger charge is 2.25. The van der Waals surface area contributed by atoms with Crippen molar-refractivity contribution in [3.05, 3.63) is 22.3 Å². The van der Waals surface area contributed by atoms with Crippen molar-refractivity contribution in [3.8, 4) is 0 Å². The van der Waals surface area contributed by atoms with E-state index in [1.807, 2.05) is 13.8 Å². The van der Waals surface area contributed by atoms with Gasteiger partial charge in [-0.3, -0.25) is 4.79 Å². The molecule has 0 fully saturated rings. The molecule has 0 amide bonds. The highest BCUT2D eigenvalue weighted by molar-refractivity contribution is 5.97. The minimum atomic E-state index is -1.00. The molecule has 0 saturated heterocycles. The van der Waals surface area contributed by atoms with Crippen LogP contribution in [-0.4, -0.2) is 23.1 Å². The SMILES string of the molecule is CC1=C(C)C(=O)CC1.CC1=C(C)C(O)OC1=O.[HH]. The molecule has 96 valence electrons. The fraction of sp³-hybridized carbons (Fsp3) is 0.538. The van der Waals surface area contributed by atoms with Crippen LogP contribution in [0.3, 0.4) is 0 Å². The molecule has 2 aliphatic rings. The Labute approximate surface area is 102 Å². The summed E-state index contributed by atoms with van der Waals surface area (Å²) >= 11 is 0. The molecule has 4 heteroatoms. The van der Waals surface area contributed by atoms with Crippen molar-refractivity contribution in [3.63, 3.8) is 0 Å². The fourth-order valence-electron chi connectivity index (χ4n) is 1.54. The maximum atomic E-state index is 10.7. The van der Waals surface area contributed by atoms with Gasteiger partial charge in [-0.25, -0.2) is 4.79 Å². The first kappa shape index (κ1) is 13.6. The summed E-state index contributed by atoms with van der Waals surface area (Å²) in [6.07, 6.45) is 0.736. The van der Waals surface area contributed by atoms with Crippen molar-refractivity contribution in [2.45, 2.75) is 46.8 Å². The van der Waals surface area contributed by atoms with Crippen LogP contribution in [0.25, 0.3) is 0 Å². The van der Waals surface area contributed by atoms with E-state index in [4.69, 9.17) is 5.11 Å². The van der Waals surface area contributed by atoms with Gasteiger partial charge in [0.25, 0.3) is 0 Å². The molecule has 2 rings (SSSR count). The maximum Gasteiger partial charge on any atom is 0.336 e. The Bertz CT molecular complexity index is 421. The van der Waals surface area contributed by atoms with Gasteiger partial charge in [0.05, 0.1) is 0 Å². The second-order valence-corrected chi connectivity index (χ2v) is 4.39. The third-order valence-corrected chi connectivity index (χ3v) is 3.27. The van der Waals surface area contributed by atoms with Crippen molar-refractivity contribution >= 4 is 11.8 Å². The minimum absolute atomic E-state index is 0. The maximum absolute atomic E-state index is 10.7. The fourth-order valence-corrected chi connectivity index (χ4v) is 1.54. The lowest BCUT2D eigenvalue weighted by Crippen LogP contribution is -2.07. The molecule has 1 heterocycles. The molecule has 1 N–H and O–H groups in total. The summed E-state index contributed by atoms with van der Waals surface area (Å²) in [6, 6.07) is 0. The average Bonchev–Trinajstić information content (AvgIpc) is 2.69. The summed E-state index contributed by atoms with van der Waals surface area (Å²) in [5.41, 5.74) is 3.39. The highest BCUT2D eigenvalue weighted by Crippen LogP contribution is 2.20. The lowest BCUT2D eigenvalue weighted by Gasteiger charge is -1.99. The predicted molar refractivity (Wildman–Crippen MR) is 65.2 cm³/mol. The summed E-state index contributed by atoms with van der Waals surface area (Å²) in [7, 11) is 0. The van der Waals surface area contributed by atoms with Crippen molar-refractivity contribution in [2.24, 2.45) is 0 Å². The van der Waals surface area contributed by atoms with Crippen molar-refractivity contribution in [2.75, 3.05) is 0 Å². The largest absolute Gasteiger partial charge is 0.428 e. The summed E-state index contributed by atoms with van der Waals surface area (Å²) in [5.74, 6) is -0.0810. The molecule has 1 atom stereocenters. The van der Waals surface area contributed by atoms with Gasteiger partial charge in [-0.2, -0.15) is 0 Å². The number of ether oxygens (including phenoxy) is 1. The number of aliphatic hydroxyl groups is 1. The summed E-state index contributed by atoms with van der Waals surface area (Å²) in [5, 5.41) is 8.84. The van der Waals surface area contributed by atoms with Gasteiger partial charge in [-0.1, -0.05) is 5.57 Å². The molecule has 0 saturated carbocycles. The highest BCUT2D eigenvalue weighted by atomic mass is 16.6. The number of ketones is 1. The molecular weight excluding hydrogens is 220 g/mol. The monoisotopic (exact) mass is 240 g/mol. The van der Waals surface area contributed by atoms with Gasteiger partial charge >= 0.3 is 5.97 Å². The molecule has 0 aromatic rings. The predicted octanol–water partition coefficient (Wildman–Crippen LogP) is 2.13. The Hall–Kier alpha value is -1.42. The molecule has 1 aliphatic carbocycles. The molecule has 1 unspecified atom stereocenters. The van der Waals surface area contributed by atoms with Crippen LogP contribution in [0.4, 0.5) is 0 Å². The van der Waals surface area contributed by atoms with Gasteiger partial charge in [0.1, 0.15) is 0 Å². The van der Waals surface area contributed by atoms with Crippen LogP contribution >= 0.6 is 0 Å². The van der Waals surface area contributed by atoms with E-state index in [2.05, 4.69) is 4.74 Å². The third-order valence-electron chi connectivity index (χ3n) is 3.27. The molecule has 4 nitrogen and oxygen atoms in total. The average molecular weight is 240 g/mol. The first-order valence-corrected chi connectivity index (χ1v) is 5.60. The zero-order valence-electron chi connectivity index (χ0n) is 10.7. The summed E-state index contributed by atoms with van der Waals surface area (Å²) in [6.45, 7) is 7.24. The van der Waals surface area contributed by atoms with E-state index >= 15 is 0 Å². The smallest absolute Gasteiger partial charge is 0.336 e. The molecule has 0 aromatic carbocycles. The molecule has 17 heavy (non-hydrogen) atoms. The number of Topliss-reactive ketones (excluding diaryl/α,β-unsaturated/α-hetero) is 1. The Morgan fingerprint density at radius 3 is 1.82 bits per heavy atom. The van der Waals surface area contributed by atoms with Crippen molar-refractivity contribution in [1.29, 1.82) is 0 Å². The van der Waals surface area contributed by atoms with Gasteiger partial charge in [0, 0.05) is 19.0 Å². The standard InChI is InChI=1S/C7H10O.C6H8O3.H2/c1-5-3-4-7(8)6(5)2;1-3-4(2)6(8)9-5(3)7;/h3-4H2,1-2H3;5,7H,1-2H3;1H. The quantitative estimate of drug-likeness (QED) is 0.659. The van der Waals surface area contributed by atoms with E-state index in [1.165, 1.54) is 5.57 Å². The minimum Gasteiger partial charge on any atom is -0.428 e. The number of rotatable bonds is 0. The normalized spacial score (nSPS) is 23.9. The van der Waals surface area contributed by atoms with E-state index in [0.29, 0.717) is 16.9 Å². The zero-order valence-corrected chi connectivity index (χ0v) is 10.7. The van der Waals surface area contributed by atoms with Crippen molar-refractivity contribution in [1.82, 2.24) is 0 Å². The van der Waals surface area contributed by atoms with Crippen LogP contribution in [0.15, 0.2) is 22.3 Å². The van der Waals surface area contributed by atoms with Crippen molar-refractivity contribution < 1.29 is 20.9 Å². The van der Waals surface area contributed by atoms with Gasteiger partial charge in [-0.05, 0) is 39.7 Å². The number of aliphatic hydroxyl groups excluding tert-OH is 1. The van der Waals surface area contributed by atoms with Crippen LogP contribution in [0, 0.1) is 0 Å². The Kier molecular flexibility index (Phi) is 4.23. The van der Waals surface area contributed by atoms with Gasteiger partial charge < -0.3 is 9.84 Å². The van der Waals surface area contributed by atoms with E-state index in [9.17, 15) is 9.59 Å². The number of cyclic esters (lactones) is 1.